The van der Waals surface area contributed by atoms with Gasteiger partial charge in [0.25, 0.3) is 0 Å². The maximum Gasteiger partial charge on any atom is 0.218 e. The highest BCUT2D eigenvalue weighted by molar-refractivity contribution is 7.88. The molecule has 1 aliphatic rings. The largest absolute Gasteiger partial charge is 0.276 e. The molecule has 2 heterocycles. The van der Waals surface area contributed by atoms with E-state index in [0.29, 0.717) is 13.1 Å². The molecule has 0 N–H and O–H groups in total. The maximum atomic E-state index is 12.8. The van der Waals surface area contributed by atoms with E-state index in [-0.39, 0.29) is 17.1 Å². The predicted molar refractivity (Wildman–Crippen MR) is 90.4 cm³/mol. The average molecular weight is 333 g/mol. The number of benzene rings is 1. The molecule has 5 nitrogen and oxygen atoms in total. The number of sulfonamides is 1. The highest BCUT2D eigenvalue weighted by atomic mass is 32.2. The molecule has 1 aliphatic heterocycles. The molecule has 1 aromatic heterocycles. The summed E-state index contributed by atoms with van der Waals surface area (Å²) in [4.78, 5) is 0. The molecular formula is C17H23N3O2S. The zero-order valence-corrected chi connectivity index (χ0v) is 14.6. The Labute approximate surface area is 138 Å². The van der Waals surface area contributed by atoms with Crippen LogP contribution in [0.25, 0.3) is 0 Å². The van der Waals surface area contributed by atoms with Gasteiger partial charge in [-0.2, -0.15) is 5.10 Å². The summed E-state index contributed by atoms with van der Waals surface area (Å²) in [5, 5.41) is 4.23. The zero-order chi connectivity index (χ0) is 16.7. The van der Waals surface area contributed by atoms with Crippen LogP contribution in [-0.4, -0.2) is 35.6 Å². The van der Waals surface area contributed by atoms with E-state index in [0.717, 1.165) is 11.1 Å². The fourth-order valence-electron chi connectivity index (χ4n) is 3.34. The third kappa shape index (κ3) is 3.33. The Morgan fingerprint density at radius 3 is 2.57 bits per heavy atom. The van der Waals surface area contributed by atoms with Crippen molar-refractivity contribution in [2.24, 2.45) is 12.5 Å². The Balaban J connectivity index is 1.82. The summed E-state index contributed by atoms with van der Waals surface area (Å²) >= 11 is 0. The van der Waals surface area contributed by atoms with Crippen molar-refractivity contribution in [2.45, 2.75) is 25.5 Å². The van der Waals surface area contributed by atoms with Gasteiger partial charge < -0.3 is 0 Å². The first-order chi connectivity index (χ1) is 10.8. The molecule has 6 heteroatoms. The van der Waals surface area contributed by atoms with Gasteiger partial charge in [-0.15, -0.1) is 0 Å². The number of hydrogen-bond acceptors (Lipinski definition) is 3. The van der Waals surface area contributed by atoms with Crippen LogP contribution < -0.4 is 0 Å². The molecule has 1 fully saturated rings. The highest BCUT2D eigenvalue weighted by Gasteiger charge is 2.44. The van der Waals surface area contributed by atoms with Crippen LogP contribution >= 0.6 is 0 Å². The third-order valence-electron chi connectivity index (χ3n) is 4.63. The average Bonchev–Trinajstić information content (AvgIpc) is 3.02. The molecule has 0 aliphatic carbocycles. The monoisotopic (exact) mass is 333 g/mol. The Morgan fingerprint density at radius 2 is 1.96 bits per heavy atom. The maximum absolute atomic E-state index is 12.8. The van der Waals surface area contributed by atoms with Gasteiger partial charge in [0, 0.05) is 32.3 Å². The minimum atomic E-state index is -3.31. The van der Waals surface area contributed by atoms with Crippen molar-refractivity contribution < 1.29 is 8.42 Å². The van der Waals surface area contributed by atoms with Gasteiger partial charge in [-0.1, -0.05) is 44.2 Å². The molecular weight excluding hydrogens is 310 g/mol. The van der Waals surface area contributed by atoms with Crippen molar-refractivity contribution in [1.82, 2.24) is 14.1 Å². The van der Waals surface area contributed by atoms with Crippen molar-refractivity contribution >= 4 is 10.0 Å². The van der Waals surface area contributed by atoms with E-state index in [1.165, 1.54) is 0 Å². The van der Waals surface area contributed by atoms with Crippen LogP contribution in [-0.2, 0) is 22.8 Å². The van der Waals surface area contributed by atoms with Gasteiger partial charge in [0.1, 0.15) is 0 Å². The fraction of sp³-hybridized carbons (Fsp3) is 0.471. The molecule has 1 atom stereocenters. The van der Waals surface area contributed by atoms with E-state index >= 15 is 0 Å². The topological polar surface area (TPSA) is 55.2 Å². The lowest BCUT2D eigenvalue weighted by molar-refractivity contribution is 0.346. The summed E-state index contributed by atoms with van der Waals surface area (Å²) in [6.07, 6.45) is 3.83. The lowest BCUT2D eigenvalue weighted by atomic mass is 9.79. The molecule has 124 valence electrons. The van der Waals surface area contributed by atoms with E-state index in [1.807, 2.05) is 49.8 Å². The molecule has 0 saturated carbocycles. The molecule has 1 saturated heterocycles. The van der Waals surface area contributed by atoms with E-state index < -0.39 is 10.0 Å². The molecule has 0 amide bonds. The van der Waals surface area contributed by atoms with Gasteiger partial charge >= 0.3 is 0 Å². The lowest BCUT2D eigenvalue weighted by Crippen LogP contribution is -2.31. The van der Waals surface area contributed by atoms with Gasteiger partial charge in [-0.25, -0.2) is 12.7 Å². The molecule has 0 unspecified atom stereocenters. The fourth-order valence-corrected chi connectivity index (χ4v) is 5.05. The van der Waals surface area contributed by atoms with Gasteiger partial charge in [0.15, 0.2) is 0 Å². The summed E-state index contributed by atoms with van der Waals surface area (Å²) in [5.41, 5.74) is 1.83. The second kappa shape index (κ2) is 5.76. The van der Waals surface area contributed by atoms with E-state index in [1.54, 1.807) is 8.99 Å². The Bertz CT molecular complexity index is 781. The van der Waals surface area contributed by atoms with Crippen LogP contribution in [0.4, 0.5) is 0 Å². The molecule has 3 rings (SSSR count). The van der Waals surface area contributed by atoms with Crippen LogP contribution in [0.3, 0.4) is 0 Å². The first kappa shape index (κ1) is 16.2. The minimum absolute atomic E-state index is 0.0592. The predicted octanol–water partition coefficient (Wildman–Crippen LogP) is 2.38. The lowest BCUT2D eigenvalue weighted by Gasteiger charge is -2.24. The highest BCUT2D eigenvalue weighted by Crippen LogP contribution is 2.43. The summed E-state index contributed by atoms with van der Waals surface area (Å²) in [6.45, 7) is 5.32. The van der Waals surface area contributed by atoms with Crippen molar-refractivity contribution in [2.75, 3.05) is 13.1 Å². The van der Waals surface area contributed by atoms with Crippen LogP contribution in [0.15, 0.2) is 42.7 Å². The van der Waals surface area contributed by atoms with Gasteiger partial charge in [0.2, 0.25) is 10.0 Å². The number of aromatic nitrogens is 2. The quantitative estimate of drug-likeness (QED) is 0.863. The van der Waals surface area contributed by atoms with Crippen molar-refractivity contribution in [3.05, 3.63) is 53.9 Å². The van der Waals surface area contributed by atoms with Crippen LogP contribution in [0.1, 0.15) is 30.9 Å². The Morgan fingerprint density at radius 1 is 1.26 bits per heavy atom. The minimum Gasteiger partial charge on any atom is -0.276 e. The molecule has 0 bridgehead atoms. The Hall–Kier alpha value is -1.66. The number of aryl methyl sites for hydroxylation is 1. The molecule has 23 heavy (non-hydrogen) atoms. The van der Waals surface area contributed by atoms with E-state index in [2.05, 4.69) is 18.9 Å². The first-order valence-electron chi connectivity index (χ1n) is 7.78. The van der Waals surface area contributed by atoms with Gasteiger partial charge in [0.05, 0.1) is 11.9 Å². The van der Waals surface area contributed by atoms with Crippen LogP contribution in [0.2, 0.25) is 0 Å². The van der Waals surface area contributed by atoms with Gasteiger partial charge in [-0.3, -0.25) is 4.68 Å². The molecule has 2 aromatic rings. The molecule has 1 aromatic carbocycles. The summed E-state index contributed by atoms with van der Waals surface area (Å²) < 4.78 is 29.0. The van der Waals surface area contributed by atoms with E-state index in [9.17, 15) is 8.42 Å². The number of rotatable bonds is 4. The normalized spacial score (nSPS) is 21.6. The van der Waals surface area contributed by atoms with E-state index in [4.69, 9.17) is 0 Å². The second-order valence-corrected chi connectivity index (χ2v) is 8.99. The second-order valence-electron chi connectivity index (χ2n) is 7.02. The smallest absolute Gasteiger partial charge is 0.218 e. The van der Waals surface area contributed by atoms with Gasteiger partial charge in [-0.05, 0) is 16.5 Å². The zero-order valence-electron chi connectivity index (χ0n) is 13.8. The molecule has 0 radical (unpaired) electrons. The summed E-state index contributed by atoms with van der Waals surface area (Å²) in [5.74, 6) is 0.227. The van der Waals surface area contributed by atoms with Crippen molar-refractivity contribution in [1.29, 1.82) is 0 Å². The van der Waals surface area contributed by atoms with Crippen molar-refractivity contribution in [3.63, 3.8) is 0 Å². The summed E-state index contributed by atoms with van der Waals surface area (Å²) in [6, 6.07) is 9.36. The number of hydrogen-bond donors (Lipinski definition) is 0. The standard InChI is InChI=1S/C17H23N3O2S/c1-17(2)13-20(11-16(17)15-9-18-19(3)10-15)23(21,22)12-14-7-5-4-6-8-14/h4-10,16H,11-13H2,1-3H3/t16-/m0/s1. The summed E-state index contributed by atoms with van der Waals surface area (Å²) in [7, 11) is -1.43. The third-order valence-corrected chi connectivity index (χ3v) is 6.39. The molecule has 0 spiro atoms. The van der Waals surface area contributed by atoms with Crippen LogP contribution in [0, 0.1) is 5.41 Å². The first-order valence-corrected chi connectivity index (χ1v) is 9.39. The van der Waals surface area contributed by atoms with Crippen molar-refractivity contribution in [3.8, 4) is 0 Å². The van der Waals surface area contributed by atoms with Crippen LogP contribution in [0.5, 0.6) is 0 Å². The SMILES string of the molecule is Cn1cc([C@@H]2CN(S(=O)(=O)Cc3ccccc3)CC2(C)C)cn1. The Kier molecular flexibility index (Phi) is 4.06. The number of nitrogens with zero attached hydrogens (tertiary/aromatic N) is 3.